The fourth-order valence-electron chi connectivity index (χ4n) is 4.67. The first-order chi connectivity index (χ1) is 15.2. The van der Waals surface area contributed by atoms with E-state index in [0.717, 1.165) is 75.0 Å². The minimum absolute atomic E-state index is 0.332. The molecule has 2 aliphatic rings. The number of ether oxygens (including phenoxy) is 2. The molecule has 0 radical (unpaired) electrons. The average Bonchev–Trinajstić information content (AvgIpc) is 3.36. The summed E-state index contributed by atoms with van der Waals surface area (Å²) < 4.78 is 13.3. The molecule has 1 aromatic heterocycles. The van der Waals surface area contributed by atoms with E-state index in [-0.39, 0.29) is 0 Å². The van der Waals surface area contributed by atoms with Crippen LogP contribution in [0.4, 0.5) is 0 Å². The van der Waals surface area contributed by atoms with Gasteiger partial charge >= 0.3 is 0 Å². The van der Waals surface area contributed by atoms with E-state index in [9.17, 15) is 0 Å². The Labute approximate surface area is 183 Å². The van der Waals surface area contributed by atoms with Gasteiger partial charge < -0.3 is 18.9 Å². The molecule has 1 unspecified atom stereocenters. The van der Waals surface area contributed by atoms with Gasteiger partial charge in [0.25, 0.3) is 0 Å². The van der Waals surface area contributed by atoms with Gasteiger partial charge in [0.05, 0.1) is 0 Å². The smallest absolute Gasteiger partial charge is 0.231 e. The molecular weight excluding hydrogens is 388 g/mol. The normalized spacial score (nSPS) is 16.7. The van der Waals surface area contributed by atoms with E-state index in [1.54, 1.807) is 0 Å². The van der Waals surface area contributed by atoms with Gasteiger partial charge in [0.1, 0.15) is 11.6 Å². The predicted octanol–water partition coefficient (Wildman–Crippen LogP) is 3.53. The van der Waals surface area contributed by atoms with E-state index >= 15 is 0 Å². The fourth-order valence-corrected chi connectivity index (χ4v) is 4.67. The summed E-state index contributed by atoms with van der Waals surface area (Å²) in [6.45, 7) is 6.83. The van der Waals surface area contributed by atoms with Crippen LogP contribution in [0.3, 0.4) is 0 Å². The minimum Gasteiger partial charge on any atom is -0.454 e. The minimum atomic E-state index is 0.332. The topological polar surface area (TPSA) is 52.4 Å². The van der Waals surface area contributed by atoms with Gasteiger partial charge in [-0.3, -0.25) is 0 Å². The van der Waals surface area contributed by atoms with Crippen molar-refractivity contribution in [1.82, 2.24) is 19.7 Å². The zero-order valence-electron chi connectivity index (χ0n) is 18.2. The number of fused-ring (bicyclic) bond motifs is 2. The molecule has 0 aliphatic carbocycles. The maximum absolute atomic E-state index is 5.53. The Kier molecular flexibility index (Phi) is 5.89. The van der Waals surface area contributed by atoms with Crippen molar-refractivity contribution in [3.05, 3.63) is 71.3 Å². The maximum Gasteiger partial charge on any atom is 0.231 e. The second-order valence-corrected chi connectivity index (χ2v) is 8.72. The Hall–Kier alpha value is -2.86. The molecule has 0 saturated heterocycles. The number of benzene rings is 2. The van der Waals surface area contributed by atoms with Crippen LogP contribution >= 0.6 is 0 Å². The lowest BCUT2D eigenvalue weighted by Gasteiger charge is -2.24. The Balaban J connectivity index is 1.15. The number of rotatable bonds is 7. The number of nitrogens with zero attached hydrogens (tertiary/aromatic N) is 4. The molecule has 0 N–H and O–H groups in total. The highest BCUT2D eigenvalue weighted by atomic mass is 16.7. The average molecular weight is 419 g/mol. The molecule has 2 aromatic carbocycles. The lowest BCUT2D eigenvalue weighted by molar-refractivity contribution is 0.174. The van der Waals surface area contributed by atoms with E-state index in [1.165, 1.54) is 11.1 Å². The Morgan fingerprint density at radius 3 is 2.68 bits per heavy atom. The summed E-state index contributed by atoms with van der Waals surface area (Å²) in [5.74, 6) is 4.56. The zero-order valence-corrected chi connectivity index (χ0v) is 18.2. The van der Waals surface area contributed by atoms with Gasteiger partial charge in [0.15, 0.2) is 11.5 Å². The van der Waals surface area contributed by atoms with Crippen molar-refractivity contribution in [2.75, 3.05) is 26.4 Å². The monoisotopic (exact) mass is 418 g/mol. The van der Waals surface area contributed by atoms with Gasteiger partial charge in [-0.2, -0.15) is 0 Å². The zero-order chi connectivity index (χ0) is 21.0. The van der Waals surface area contributed by atoms with Gasteiger partial charge in [-0.05, 0) is 42.0 Å². The first kappa shape index (κ1) is 20.1. The summed E-state index contributed by atoms with van der Waals surface area (Å²) in [5, 5.41) is 9.00. The number of hydrogen-bond donors (Lipinski definition) is 0. The lowest BCUT2D eigenvalue weighted by atomic mass is 10.00. The number of aromatic nitrogens is 3. The summed E-state index contributed by atoms with van der Waals surface area (Å²) in [6.07, 6.45) is 3.96. The second kappa shape index (κ2) is 9.10. The molecule has 0 bridgehead atoms. The summed E-state index contributed by atoms with van der Waals surface area (Å²) >= 11 is 0. The number of hydrogen-bond acceptors (Lipinski definition) is 5. The van der Waals surface area contributed by atoms with Crippen LogP contribution in [0, 0.1) is 5.92 Å². The van der Waals surface area contributed by atoms with Gasteiger partial charge in [0.2, 0.25) is 6.79 Å². The van der Waals surface area contributed by atoms with Crippen LogP contribution in [0.25, 0.3) is 0 Å². The second-order valence-electron chi connectivity index (χ2n) is 8.72. The molecule has 162 valence electrons. The van der Waals surface area contributed by atoms with Gasteiger partial charge in [-0.25, -0.2) is 0 Å². The molecule has 0 saturated carbocycles. The Morgan fingerprint density at radius 2 is 1.77 bits per heavy atom. The van der Waals surface area contributed by atoms with Crippen molar-refractivity contribution < 1.29 is 9.47 Å². The third-order valence-corrected chi connectivity index (χ3v) is 6.27. The van der Waals surface area contributed by atoms with E-state index in [1.807, 2.05) is 6.07 Å². The quantitative estimate of drug-likeness (QED) is 0.588. The molecular formula is C25H30N4O2. The Bertz CT molecular complexity index is 1020. The van der Waals surface area contributed by atoms with E-state index in [2.05, 4.69) is 69.1 Å². The standard InChI is InChI=1S/C25H30N4O2/c1-19(15-21-7-9-22-23(16-21)31-18-30-22)17-28-12-11-25-27-26-24(29(25)14-13-28)10-8-20-5-3-2-4-6-20/h2-7,9,16,19H,8,10-15,17-18H2,1H3. The van der Waals surface area contributed by atoms with Crippen LogP contribution in [0.5, 0.6) is 11.5 Å². The fraction of sp³-hybridized carbons (Fsp3) is 0.440. The molecule has 1 atom stereocenters. The van der Waals surface area contributed by atoms with Crippen molar-refractivity contribution in [2.45, 2.75) is 39.2 Å². The molecule has 2 aliphatic heterocycles. The van der Waals surface area contributed by atoms with E-state index < -0.39 is 0 Å². The van der Waals surface area contributed by atoms with Crippen molar-refractivity contribution >= 4 is 0 Å². The summed E-state index contributed by atoms with van der Waals surface area (Å²) in [4.78, 5) is 2.58. The van der Waals surface area contributed by atoms with Crippen molar-refractivity contribution in [3.8, 4) is 11.5 Å². The largest absolute Gasteiger partial charge is 0.454 e. The molecule has 5 rings (SSSR count). The summed E-state index contributed by atoms with van der Waals surface area (Å²) in [6, 6.07) is 16.9. The van der Waals surface area contributed by atoms with Crippen LogP contribution in [0.2, 0.25) is 0 Å². The van der Waals surface area contributed by atoms with Crippen LogP contribution in [0.15, 0.2) is 48.5 Å². The van der Waals surface area contributed by atoms with Crippen molar-refractivity contribution in [1.29, 1.82) is 0 Å². The summed E-state index contributed by atoms with van der Waals surface area (Å²) in [5.41, 5.74) is 2.67. The molecule has 6 heteroatoms. The first-order valence-electron chi connectivity index (χ1n) is 11.3. The van der Waals surface area contributed by atoms with Crippen molar-refractivity contribution in [3.63, 3.8) is 0 Å². The maximum atomic E-state index is 5.53. The van der Waals surface area contributed by atoms with Crippen LogP contribution in [0.1, 0.15) is 29.7 Å². The van der Waals surface area contributed by atoms with E-state index in [0.29, 0.717) is 12.7 Å². The van der Waals surface area contributed by atoms with Crippen LogP contribution in [-0.4, -0.2) is 46.1 Å². The highest BCUT2D eigenvalue weighted by Crippen LogP contribution is 2.33. The van der Waals surface area contributed by atoms with Crippen LogP contribution in [-0.2, 0) is 32.2 Å². The number of aryl methyl sites for hydroxylation is 2. The molecule has 0 amide bonds. The third kappa shape index (κ3) is 4.74. The Morgan fingerprint density at radius 1 is 0.903 bits per heavy atom. The SMILES string of the molecule is CC(Cc1ccc2c(c1)OCO2)CN1CCc2nnc(CCc3ccccc3)n2CC1. The summed E-state index contributed by atoms with van der Waals surface area (Å²) in [7, 11) is 0. The molecule has 0 fully saturated rings. The van der Waals surface area contributed by atoms with Crippen molar-refractivity contribution in [2.24, 2.45) is 5.92 Å². The highest BCUT2D eigenvalue weighted by Gasteiger charge is 2.20. The van der Waals surface area contributed by atoms with E-state index in [4.69, 9.17) is 9.47 Å². The molecule has 0 spiro atoms. The highest BCUT2D eigenvalue weighted by molar-refractivity contribution is 5.44. The molecule has 3 heterocycles. The first-order valence-corrected chi connectivity index (χ1v) is 11.3. The van der Waals surface area contributed by atoms with Crippen LogP contribution < -0.4 is 9.47 Å². The molecule has 3 aromatic rings. The van der Waals surface area contributed by atoms with Gasteiger partial charge in [-0.15, -0.1) is 10.2 Å². The van der Waals surface area contributed by atoms with Gasteiger partial charge in [0, 0.05) is 39.0 Å². The molecule has 6 nitrogen and oxygen atoms in total. The molecule has 31 heavy (non-hydrogen) atoms. The lowest BCUT2D eigenvalue weighted by Crippen LogP contribution is -2.32. The van der Waals surface area contributed by atoms with Gasteiger partial charge in [-0.1, -0.05) is 43.3 Å². The predicted molar refractivity (Wildman–Crippen MR) is 119 cm³/mol. The third-order valence-electron chi connectivity index (χ3n) is 6.27.